The van der Waals surface area contributed by atoms with E-state index in [0.717, 1.165) is 19.9 Å². The Morgan fingerprint density at radius 2 is 0.829 bits per heavy atom. The quantitative estimate of drug-likeness (QED) is 0.191. The van der Waals surface area contributed by atoms with Crippen molar-refractivity contribution in [1.29, 1.82) is 0 Å². The Bertz CT molecular complexity index is 1260. The maximum absolute atomic E-state index is 6.58. The van der Waals surface area contributed by atoms with Crippen molar-refractivity contribution < 1.29 is 0 Å². The molecule has 2 aromatic heterocycles. The first kappa shape index (κ1) is 25.4. The Labute approximate surface area is 218 Å². The molecule has 2 heterocycles. The van der Waals surface area contributed by atoms with E-state index >= 15 is 0 Å². The molecule has 4 aromatic carbocycles. The van der Waals surface area contributed by atoms with Crippen molar-refractivity contribution in [2.75, 3.05) is 0 Å². The molecule has 0 N–H and O–H groups in total. The molecular weight excluding hydrogens is 578 g/mol. The van der Waals surface area contributed by atoms with Crippen molar-refractivity contribution >= 4 is 55.8 Å². The monoisotopic (exact) mass is 604 g/mol. The number of rotatable bonds is 4. The topological polar surface area (TPSA) is 28.2 Å². The van der Waals surface area contributed by atoms with Crippen molar-refractivity contribution in [3.63, 3.8) is 0 Å². The molecule has 0 saturated heterocycles. The molecule has 6 aromatic rings. The molecule has 0 aliphatic heterocycles. The number of fused-ring (bicyclic) bond motifs is 2. The molecule has 0 spiro atoms. The first-order valence-electron chi connectivity index (χ1n) is 11.5. The van der Waals surface area contributed by atoms with Crippen LogP contribution in [0.3, 0.4) is 0 Å². The van der Waals surface area contributed by atoms with Crippen LogP contribution in [0.15, 0.2) is 134 Å². The summed E-state index contributed by atoms with van der Waals surface area (Å²) < 4.78 is 1.74. The van der Waals surface area contributed by atoms with E-state index in [1.165, 1.54) is 21.9 Å². The van der Waals surface area contributed by atoms with Crippen LogP contribution >= 0.6 is 17.8 Å². The van der Waals surface area contributed by atoms with Crippen molar-refractivity contribution in [3.05, 3.63) is 145 Å². The normalized spacial score (nSPS) is 10.8. The van der Waals surface area contributed by atoms with Crippen LogP contribution in [0.1, 0.15) is 11.1 Å². The average Bonchev–Trinajstić information content (AvgIpc) is 3.55. The predicted octanol–water partition coefficient (Wildman–Crippen LogP) is 8.06. The van der Waals surface area contributed by atoms with Gasteiger partial charge in [0.1, 0.15) is 0 Å². The summed E-state index contributed by atoms with van der Waals surface area (Å²) in [6.07, 6.45) is 3.65. The van der Waals surface area contributed by atoms with Crippen molar-refractivity contribution in [2.24, 2.45) is 0 Å². The molecular formula is C30H26Cl2N2Sn-2. The van der Waals surface area contributed by atoms with Crippen LogP contribution in [0, 0.1) is 0 Å². The van der Waals surface area contributed by atoms with Crippen molar-refractivity contribution in [2.45, 2.75) is 8.87 Å². The minimum Gasteiger partial charge on any atom is -0.664 e. The third-order valence-corrected chi connectivity index (χ3v) is 14.3. The second-order valence-corrected chi connectivity index (χ2v) is 26.1. The number of benzene rings is 4. The number of aromatic nitrogens is 2. The number of nitrogens with zero attached hydrogens (tertiary/aromatic N) is 2. The van der Waals surface area contributed by atoms with E-state index in [2.05, 4.69) is 46.4 Å². The Morgan fingerprint density at radius 3 is 1.23 bits per heavy atom. The van der Waals surface area contributed by atoms with Crippen LogP contribution in [0.4, 0.5) is 0 Å². The van der Waals surface area contributed by atoms with E-state index in [4.69, 9.17) is 17.8 Å². The number of hydrogen-bond acceptors (Lipinski definition) is 0. The summed E-state index contributed by atoms with van der Waals surface area (Å²) in [5.41, 5.74) is 4.67. The molecule has 0 aliphatic rings. The van der Waals surface area contributed by atoms with E-state index < -0.39 is 16.1 Å². The molecule has 0 unspecified atom stereocenters. The van der Waals surface area contributed by atoms with Gasteiger partial charge in [-0.25, -0.2) is 0 Å². The van der Waals surface area contributed by atoms with E-state index in [9.17, 15) is 0 Å². The van der Waals surface area contributed by atoms with Gasteiger partial charge in [0.2, 0.25) is 0 Å². The molecule has 0 amide bonds. The van der Waals surface area contributed by atoms with Gasteiger partial charge in [0, 0.05) is 0 Å². The maximum Gasteiger partial charge on any atom is -0.0422 e. The molecule has 0 bridgehead atoms. The number of hydrogen-bond donors (Lipinski definition) is 0. The average molecular weight is 604 g/mol. The fourth-order valence-electron chi connectivity index (χ4n) is 3.74. The standard InChI is InChI=1S/2C8H6N.2C7H7.2ClH.Sn/c2*1-2-4-8-7(3-1)5-6-9-8;2*1-7-5-3-2-4-6-7;;;/h2*1-6H;2*2-6H,1H2;2*1H;/q2*-1;;;;;+2/p-2. The van der Waals surface area contributed by atoms with E-state index in [1.807, 2.05) is 97.3 Å². The van der Waals surface area contributed by atoms with Crippen molar-refractivity contribution in [1.82, 2.24) is 9.97 Å². The summed E-state index contributed by atoms with van der Waals surface area (Å²) in [6, 6.07) is 40.7. The molecule has 2 nitrogen and oxygen atoms in total. The van der Waals surface area contributed by atoms with Gasteiger partial charge in [-0.2, -0.15) is 12.4 Å². The Hall–Kier alpha value is -2.66. The Balaban J connectivity index is 0.000000134. The maximum atomic E-state index is 6.58. The summed E-state index contributed by atoms with van der Waals surface area (Å²) in [5, 5.41) is 2.44. The zero-order chi connectivity index (χ0) is 24.3. The molecule has 6 rings (SSSR count). The molecule has 0 fully saturated rings. The van der Waals surface area contributed by atoms with Gasteiger partial charge in [0.25, 0.3) is 0 Å². The van der Waals surface area contributed by atoms with Gasteiger partial charge in [-0.05, 0) is 10.8 Å². The number of halogens is 2. The molecule has 0 radical (unpaired) electrons. The summed E-state index contributed by atoms with van der Waals surface area (Å²) >= 11 is -3.01. The van der Waals surface area contributed by atoms with Gasteiger partial charge in [-0.15, -0.1) is 11.0 Å². The summed E-state index contributed by atoms with van der Waals surface area (Å²) in [5.74, 6) is 0. The van der Waals surface area contributed by atoms with E-state index in [1.54, 1.807) is 0 Å². The third kappa shape index (κ3) is 8.20. The van der Waals surface area contributed by atoms with Crippen LogP contribution in [0.2, 0.25) is 0 Å². The molecule has 0 atom stereocenters. The second-order valence-electron chi connectivity index (χ2n) is 8.19. The molecule has 0 aliphatic carbocycles. The summed E-state index contributed by atoms with van der Waals surface area (Å²) in [4.78, 5) is 8.24. The summed E-state index contributed by atoms with van der Waals surface area (Å²) in [6.45, 7) is 0. The van der Waals surface area contributed by atoms with Crippen LogP contribution in [-0.4, -0.2) is 16.1 Å². The van der Waals surface area contributed by atoms with Gasteiger partial charge in [-0.1, -0.05) is 60.7 Å². The zero-order valence-electron chi connectivity index (χ0n) is 19.3. The largest absolute Gasteiger partial charge is 0.664 e. The van der Waals surface area contributed by atoms with Gasteiger partial charge < -0.3 is 9.97 Å². The van der Waals surface area contributed by atoms with Crippen LogP contribution in [0.25, 0.3) is 21.8 Å². The van der Waals surface area contributed by atoms with Crippen LogP contribution in [-0.2, 0) is 8.87 Å². The predicted molar refractivity (Wildman–Crippen MR) is 152 cm³/mol. The number of para-hydroxylation sites is 2. The van der Waals surface area contributed by atoms with Crippen molar-refractivity contribution in [3.8, 4) is 0 Å². The fourth-order valence-corrected chi connectivity index (χ4v) is 13.0. The molecule has 35 heavy (non-hydrogen) atoms. The smallest absolute Gasteiger partial charge is 0.0422 e. The molecule has 5 heteroatoms. The summed E-state index contributed by atoms with van der Waals surface area (Å²) in [7, 11) is 13.2. The van der Waals surface area contributed by atoms with E-state index in [0.29, 0.717) is 0 Å². The Kier molecular flexibility index (Phi) is 9.35. The van der Waals surface area contributed by atoms with E-state index in [-0.39, 0.29) is 0 Å². The zero-order valence-corrected chi connectivity index (χ0v) is 23.6. The van der Waals surface area contributed by atoms with Gasteiger partial charge in [-0.3, -0.25) is 0 Å². The van der Waals surface area contributed by atoms with Gasteiger partial charge in [0.05, 0.1) is 0 Å². The minimum atomic E-state index is -3.01. The first-order chi connectivity index (χ1) is 17.1. The van der Waals surface area contributed by atoms with Gasteiger partial charge >= 0.3 is 115 Å². The SMILES string of the molecule is [Cl][Sn]([Cl])([CH2]c1ccccc1)[CH2]c1ccccc1.c1ccc2[n-]ccc2c1.c1ccc2[n-]ccc2c1. The van der Waals surface area contributed by atoms with Crippen LogP contribution < -0.4 is 9.97 Å². The van der Waals surface area contributed by atoms with Gasteiger partial charge in [0.15, 0.2) is 0 Å². The fraction of sp³-hybridized carbons (Fsp3) is 0.0667. The minimum absolute atomic E-state index is 0.869. The molecule has 0 saturated carbocycles. The first-order valence-corrected chi connectivity index (χ1v) is 22.7. The second kappa shape index (κ2) is 12.9. The molecule has 176 valence electrons. The Morgan fingerprint density at radius 1 is 0.457 bits per heavy atom. The van der Waals surface area contributed by atoms with Crippen LogP contribution in [0.5, 0.6) is 0 Å². The third-order valence-electron chi connectivity index (χ3n) is 5.42.